The van der Waals surface area contributed by atoms with Crippen LogP contribution in [0.4, 0.5) is 5.69 Å². The van der Waals surface area contributed by atoms with Gasteiger partial charge >= 0.3 is 0 Å². The van der Waals surface area contributed by atoms with Crippen LogP contribution in [-0.2, 0) is 9.53 Å². The Labute approximate surface area is 75.3 Å². The number of benzene rings is 1. The smallest absolute Gasteiger partial charge is 0.294 e. The van der Waals surface area contributed by atoms with E-state index in [4.69, 9.17) is 11.6 Å². The summed E-state index contributed by atoms with van der Waals surface area (Å²) in [5.74, 6) is 0. The number of rotatable bonds is 4. The van der Waals surface area contributed by atoms with E-state index in [0.29, 0.717) is 11.5 Å². The van der Waals surface area contributed by atoms with Gasteiger partial charge in [-0.25, -0.2) is 0 Å². The first kappa shape index (κ1) is 8.87. The highest BCUT2D eigenvalue weighted by atomic mass is 35.5. The summed E-state index contributed by atoms with van der Waals surface area (Å²) < 4.78 is 4.44. The molecule has 0 aliphatic heterocycles. The highest BCUT2D eigenvalue weighted by molar-refractivity contribution is 6.33. The SMILES string of the molecule is O=COCNc1ccccc1Cl. The molecule has 0 atom stereocenters. The molecule has 1 N–H and O–H groups in total. The first-order valence-electron chi connectivity index (χ1n) is 3.38. The molecule has 1 rings (SSSR count). The van der Waals surface area contributed by atoms with Gasteiger partial charge in [0.1, 0.15) is 0 Å². The molecule has 0 fully saturated rings. The van der Waals surface area contributed by atoms with E-state index < -0.39 is 0 Å². The lowest BCUT2D eigenvalue weighted by Gasteiger charge is -2.05. The number of anilines is 1. The van der Waals surface area contributed by atoms with Crippen molar-refractivity contribution < 1.29 is 9.53 Å². The lowest BCUT2D eigenvalue weighted by Crippen LogP contribution is -2.04. The van der Waals surface area contributed by atoms with Gasteiger partial charge in [-0.3, -0.25) is 4.79 Å². The van der Waals surface area contributed by atoms with Crippen molar-refractivity contribution in [1.29, 1.82) is 0 Å². The van der Waals surface area contributed by atoms with Crippen molar-refractivity contribution in [3.8, 4) is 0 Å². The molecule has 0 aromatic heterocycles. The lowest BCUT2D eigenvalue weighted by atomic mass is 10.3. The van der Waals surface area contributed by atoms with Crippen molar-refractivity contribution in [2.45, 2.75) is 0 Å². The summed E-state index contributed by atoms with van der Waals surface area (Å²) in [4.78, 5) is 9.78. The molecule has 1 aromatic carbocycles. The topological polar surface area (TPSA) is 38.3 Å². The highest BCUT2D eigenvalue weighted by Crippen LogP contribution is 2.19. The largest absolute Gasteiger partial charge is 0.447 e. The van der Waals surface area contributed by atoms with Crippen LogP contribution in [0.15, 0.2) is 24.3 Å². The lowest BCUT2D eigenvalue weighted by molar-refractivity contribution is -0.127. The predicted octanol–water partition coefficient (Wildman–Crippen LogP) is 1.88. The molecule has 64 valence electrons. The number of para-hydroxylation sites is 1. The second-order valence-corrected chi connectivity index (χ2v) is 2.47. The number of hydrogen-bond acceptors (Lipinski definition) is 3. The maximum absolute atomic E-state index is 9.78. The fourth-order valence-corrected chi connectivity index (χ4v) is 0.961. The van der Waals surface area contributed by atoms with Crippen molar-refractivity contribution in [1.82, 2.24) is 0 Å². The van der Waals surface area contributed by atoms with Crippen LogP contribution in [0.5, 0.6) is 0 Å². The zero-order valence-corrected chi connectivity index (χ0v) is 7.04. The molecule has 0 bridgehead atoms. The number of carbonyl (C=O) groups is 1. The van der Waals surface area contributed by atoms with Crippen LogP contribution in [0.25, 0.3) is 0 Å². The quantitative estimate of drug-likeness (QED) is 0.442. The van der Waals surface area contributed by atoms with Crippen LogP contribution in [-0.4, -0.2) is 13.2 Å². The molecule has 0 aliphatic carbocycles. The number of carbonyl (C=O) groups excluding carboxylic acids is 1. The Morgan fingerprint density at radius 3 is 2.92 bits per heavy atom. The highest BCUT2D eigenvalue weighted by Gasteiger charge is 1.95. The van der Waals surface area contributed by atoms with Gasteiger partial charge in [0.2, 0.25) is 0 Å². The second kappa shape index (κ2) is 4.62. The Morgan fingerprint density at radius 2 is 2.25 bits per heavy atom. The summed E-state index contributed by atoms with van der Waals surface area (Å²) in [5, 5.41) is 3.43. The molecule has 0 saturated heterocycles. The van der Waals surface area contributed by atoms with Gasteiger partial charge in [-0.2, -0.15) is 0 Å². The van der Waals surface area contributed by atoms with Crippen molar-refractivity contribution in [3.63, 3.8) is 0 Å². The predicted molar refractivity (Wildman–Crippen MR) is 47.1 cm³/mol. The molecule has 0 radical (unpaired) electrons. The average Bonchev–Trinajstić information content (AvgIpc) is 2.09. The summed E-state index contributed by atoms with van der Waals surface area (Å²) in [6, 6.07) is 7.23. The Bertz CT molecular complexity index is 265. The molecule has 12 heavy (non-hydrogen) atoms. The van der Waals surface area contributed by atoms with Crippen LogP contribution in [0, 0.1) is 0 Å². The Hall–Kier alpha value is -1.22. The van der Waals surface area contributed by atoms with Crippen LogP contribution < -0.4 is 5.32 Å². The van der Waals surface area contributed by atoms with Crippen molar-refractivity contribution in [2.75, 3.05) is 12.0 Å². The molecule has 0 spiro atoms. The molecule has 0 amide bonds. The summed E-state index contributed by atoms with van der Waals surface area (Å²) >= 11 is 5.80. The van der Waals surface area contributed by atoms with E-state index >= 15 is 0 Å². The first-order valence-corrected chi connectivity index (χ1v) is 3.76. The van der Waals surface area contributed by atoms with E-state index in [1.165, 1.54) is 0 Å². The van der Waals surface area contributed by atoms with Gasteiger partial charge in [-0.15, -0.1) is 0 Å². The van der Waals surface area contributed by atoms with Gasteiger partial charge in [-0.1, -0.05) is 23.7 Å². The molecule has 1 aromatic rings. The van der Waals surface area contributed by atoms with E-state index in [0.717, 1.165) is 5.69 Å². The average molecular weight is 186 g/mol. The van der Waals surface area contributed by atoms with Crippen molar-refractivity contribution in [2.24, 2.45) is 0 Å². The van der Waals surface area contributed by atoms with Gasteiger partial charge in [-0.05, 0) is 12.1 Å². The number of nitrogens with one attached hydrogen (secondary N) is 1. The van der Waals surface area contributed by atoms with Gasteiger partial charge in [0.05, 0.1) is 10.7 Å². The first-order chi connectivity index (χ1) is 5.84. The Morgan fingerprint density at radius 1 is 1.50 bits per heavy atom. The third-order valence-electron chi connectivity index (χ3n) is 1.29. The molecule has 4 heteroatoms. The van der Waals surface area contributed by atoms with Gasteiger partial charge < -0.3 is 10.1 Å². The molecular formula is C8H8ClNO2. The molecule has 3 nitrogen and oxygen atoms in total. The number of ether oxygens (including phenoxy) is 1. The Balaban J connectivity index is 2.51. The molecular weight excluding hydrogens is 178 g/mol. The minimum atomic E-state index is 0.132. The second-order valence-electron chi connectivity index (χ2n) is 2.06. The normalized spacial score (nSPS) is 9.08. The minimum Gasteiger partial charge on any atom is -0.447 e. The van der Waals surface area contributed by atoms with Crippen molar-refractivity contribution >= 4 is 23.8 Å². The monoisotopic (exact) mass is 185 g/mol. The molecule has 0 heterocycles. The summed E-state index contributed by atoms with van der Waals surface area (Å²) in [5.41, 5.74) is 0.751. The maximum atomic E-state index is 9.78. The third-order valence-corrected chi connectivity index (χ3v) is 1.62. The minimum absolute atomic E-state index is 0.132. The van der Waals surface area contributed by atoms with Gasteiger partial charge in [0.15, 0.2) is 6.73 Å². The van der Waals surface area contributed by atoms with E-state index in [1.807, 2.05) is 12.1 Å². The van der Waals surface area contributed by atoms with E-state index in [-0.39, 0.29) is 6.73 Å². The van der Waals surface area contributed by atoms with Gasteiger partial charge in [0.25, 0.3) is 6.47 Å². The molecule has 0 saturated carbocycles. The summed E-state index contributed by atoms with van der Waals surface area (Å²) in [7, 11) is 0. The standard InChI is InChI=1S/C8H8ClNO2/c9-7-3-1-2-4-8(7)10-5-12-6-11/h1-4,6,10H,5H2. The summed E-state index contributed by atoms with van der Waals surface area (Å²) in [6.07, 6.45) is 0. The van der Waals surface area contributed by atoms with E-state index in [9.17, 15) is 4.79 Å². The van der Waals surface area contributed by atoms with E-state index in [2.05, 4.69) is 10.1 Å². The van der Waals surface area contributed by atoms with Crippen LogP contribution >= 0.6 is 11.6 Å². The molecule has 0 aliphatic rings. The van der Waals surface area contributed by atoms with Crippen LogP contribution in [0.3, 0.4) is 0 Å². The summed E-state index contributed by atoms with van der Waals surface area (Å²) in [6.45, 7) is 0.511. The van der Waals surface area contributed by atoms with Crippen LogP contribution in [0.2, 0.25) is 5.02 Å². The fraction of sp³-hybridized carbons (Fsp3) is 0.125. The van der Waals surface area contributed by atoms with E-state index in [1.54, 1.807) is 12.1 Å². The van der Waals surface area contributed by atoms with Crippen molar-refractivity contribution in [3.05, 3.63) is 29.3 Å². The maximum Gasteiger partial charge on any atom is 0.294 e. The number of halogens is 1. The van der Waals surface area contributed by atoms with Gasteiger partial charge in [0, 0.05) is 0 Å². The third kappa shape index (κ3) is 2.43. The fourth-order valence-electron chi connectivity index (χ4n) is 0.758. The molecule has 0 unspecified atom stereocenters. The number of hydrogen-bond donors (Lipinski definition) is 1. The Kier molecular flexibility index (Phi) is 3.41. The zero-order chi connectivity index (χ0) is 8.81. The van der Waals surface area contributed by atoms with Crippen LogP contribution in [0.1, 0.15) is 0 Å². The zero-order valence-electron chi connectivity index (χ0n) is 6.29.